The van der Waals surface area contributed by atoms with Gasteiger partial charge in [0.1, 0.15) is 0 Å². The average molecular weight is 752 g/mol. The number of amides is 1. The Morgan fingerprint density at radius 2 is 1.76 bits per heavy atom. The molecule has 4 saturated carbocycles. The second-order valence-electron chi connectivity index (χ2n) is 18.1. The van der Waals surface area contributed by atoms with Crippen LogP contribution in [0.25, 0.3) is 0 Å². The van der Waals surface area contributed by atoms with E-state index in [9.17, 15) is 19.8 Å². The van der Waals surface area contributed by atoms with Crippen molar-refractivity contribution >= 4 is 11.7 Å². The Kier molecular flexibility index (Phi) is 11.1. The van der Waals surface area contributed by atoms with Crippen LogP contribution in [0.5, 0.6) is 11.5 Å². The van der Waals surface area contributed by atoms with Crippen molar-refractivity contribution in [1.82, 2.24) is 4.90 Å². The van der Waals surface area contributed by atoms with Gasteiger partial charge in [0.05, 0.1) is 38.6 Å². The highest BCUT2D eigenvalue weighted by Gasteiger charge is 2.59. The number of fused-ring (bicyclic) bond motifs is 10. The van der Waals surface area contributed by atoms with Gasteiger partial charge in [-0.1, -0.05) is 50.6 Å². The van der Waals surface area contributed by atoms with E-state index in [1.807, 2.05) is 35.2 Å². The summed E-state index contributed by atoms with van der Waals surface area (Å²) in [6.45, 7) is 9.94. The lowest BCUT2D eigenvalue weighted by atomic mass is 9.45. The summed E-state index contributed by atoms with van der Waals surface area (Å²) in [7, 11) is 3.21. The molecule has 8 heteroatoms. The third-order valence-electron chi connectivity index (χ3n) is 14.7. The largest absolute Gasteiger partial charge is 0.493 e. The van der Waals surface area contributed by atoms with Gasteiger partial charge in [0.2, 0.25) is 11.7 Å². The Bertz CT molecular complexity index is 1890. The molecule has 1 heterocycles. The van der Waals surface area contributed by atoms with E-state index >= 15 is 0 Å². The minimum Gasteiger partial charge on any atom is -0.493 e. The number of carbonyl (C=O) groups is 2. The Hall–Kier alpha value is -3.88. The maximum Gasteiger partial charge on any atom is 0.228 e. The average Bonchev–Trinajstić information content (AvgIpc) is 3.80. The number of methoxy groups -OCH3 is 2. The summed E-state index contributed by atoms with van der Waals surface area (Å²) in [6, 6.07) is 15.1. The molecule has 1 amide bonds. The summed E-state index contributed by atoms with van der Waals surface area (Å²) >= 11 is 0. The SMILES string of the molecule is COc1ccc(CC(=O)N(CC2CCC3CC2C3(C)C)CC2(O)CCC3c4ccc(cc4C(=O)c4ccco4)CC(O)CCC(C)=CCCC32C)cc1OC. The van der Waals surface area contributed by atoms with Crippen LogP contribution in [0.2, 0.25) is 0 Å². The van der Waals surface area contributed by atoms with Crippen LogP contribution in [0.15, 0.2) is 70.9 Å². The highest BCUT2D eigenvalue weighted by Crippen LogP contribution is 2.62. The van der Waals surface area contributed by atoms with E-state index in [1.54, 1.807) is 26.4 Å². The van der Waals surface area contributed by atoms with Crippen LogP contribution in [-0.4, -0.2) is 65.8 Å². The highest BCUT2D eigenvalue weighted by molar-refractivity contribution is 6.08. The van der Waals surface area contributed by atoms with Gasteiger partial charge in [0.15, 0.2) is 17.3 Å². The summed E-state index contributed by atoms with van der Waals surface area (Å²) < 4.78 is 16.7. The molecular formula is C47H61NO7. The normalized spacial score (nSPS) is 30.0. The molecule has 0 aliphatic heterocycles. The zero-order chi connectivity index (χ0) is 39.1. The van der Waals surface area contributed by atoms with Crippen molar-refractivity contribution in [2.45, 2.75) is 116 Å². The van der Waals surface area contributed by atoms with Gasteiger partial charge in [-0.25, -0.2) is 0 Å². The fourth-order valence-corrected chi connectivity index (χ4v) is 11.0. The number of carbonyl (C=O) groups excluding carboxylic acids is 2. The molecule has 1 aromatic heterocycles. The summed E-state index contributed by atoms with van der Waals surface area (Å²) in [5.41, 5.74) is 2.82. The number of rotatable bonds is 10. The molecule has 2 aromatic carbocycles. The molecule has 0 saturated heterocycles. The van der Waals surface area contributed by atoms with Gasteiger partial charge in [-0.2, -0.15) is 0 Å². The minimum absolute atomic E-state index is 0.000164. The summed E-state index contributed by atoms with van der Waals surface area (Å²) in [4.78, 5) is 30.9. The quantitative estimate of drug-likeness (QED) is 0.158. The van der Waals surface area contributed by atoms with Gasteiger partial charge >= 0.3 is 0 Å². The molecule has 0 spiro atoms. The first kappa shape index (κ1) is 39.4. The number of hydrogen-bond acceptors (Lipinski definition) is 7. The van der Waals surface area contributed by atoms with Crippen molar-refractivity contribution in [3.05, 3.63) is 94.5 Å². The van der Waals surface area contributed by atoms with Crippen molar-refractivity contribution in [3.63, 3.8) is 0 Å². The lowest BCUT2D eigenvalue weighted by Crippen LogP contribution is -2.58. The van der Waals surface area contributed by atoms with Gasteiger partial charge in [0, 0.05) is 24.1 Å². The molecule has 4 bridgehead atoms. The van der Waals surface area contributed by atoms with Crippen LogP contribution in [-0.2, 0) is 17.6 Å². The number of allylic oxidation sites excluding steroid dienone is 2. The van der Waals surface area contributed by atoms with E-state index in [4.69, 9.17) is 13.9 Å². The van der Waals surface area contributed by atoms with Gasteiger partial charge in [-0.15, -0.1) is 0 Å². The van der Waals surface area contributed by atoms with Crippen LogP contribution in [0.4, 0.5) is 0 Å². The Labute approximate surface area is 327 Å². The first-order chi connectivity index (χ1) is 26.3. The van der Waals surface area contributed by atoms with Crippen molar-refractivity contribution < 1.29 is 33.7 Å². The first-order valence-corrected chi connectivity index (χ1v) is 20.5. The van der Waals surface area contributed by atoms with E-state index in [1.165, 1.54) is 24.7 Å². The third-order valence-corrected chi connectivity index (χ3v) is 14.7. The number of nitrogens with zero attached hydrogens (tertiary/aromatic N) is 1. The third kappa shape index (κ3) is 7.53. The van der Waals surface area contributed by atoms with Gasteiger partial charge in [0.25, 0.3) is 0 Å². The fraction of sp³-hybridized carbons (Fsp3) is 0.574. The van der Waals surface area contributed by atoms with Crippen LogP contribution in [0, 0.1) is 28.6 Å². The van der Waals surface area contributed by atoms with Crippen molar-refractivity contribution in [3.8, 4) is 11.5 Å². The highest BCUT2D eigenvalue weighted by atomic mass is 16.5. The van der Waals surface area contributed by atoms with E-state index < -0.39 is 17.1 Å². The molecule has 0 radical (unpaired) electrons. The number of aliphatic hydroxyl groups excluding tert-OH is 1. The van der Waals surface area contributed by atoms with E-state index in [2.05, 4.69) is 39.8 Å². The number of hydrogen-bond donors (Lipinski definition) is 2. The molecule has 296 valence electrons. The molecule has 3 aromatic rings. The molecule has 9 rings (SSSR count). The lowest BCUT2D eigenvalue weighted by Gasteiger charge is -2.61. The van der Waals surface area contributed by atoms with E-state index in [0.29, 0.717) is 67.5 Å². The molecule has 6 aliphatic rings. The number of ether oxygens (including phenoxy) is 2. The number of aliphatic hydroxyl groups is 2. The second-order valence-corrected chi connectivity index (χ2v) is 18.1. The molecule has 4 fully saturated rings. The number of benzene rings is 2. The van der Waals surface area contributed by atoms with Crippen molar-refractivity contribution in [2.24, 2.45) is 28.6 Å². The molecule has 7 unspecified atom stereocenters. The van der Waals surface area contributed by atoms with Crippen molar-refractivity contribution in [2.75, 3.05) is 27.3 Å². The minimum atomic E-state index is -1.21. The van der Waals surface area contributed by atoms with Crippen LogP contribution in [0.3, 0.4) is 0 Å². The smallest absolute Gasteiger partial charge is 0.228 e. The topological polar surface area (TPSA) is 109 Å². The zero-order valence-electron chi connectivity index (χ0n) is 33.7. The van der Waals surface area contributed by atoms with Crippen LogP contribution < -0.4 is 9.47 Å². The van der Waals surface area contributed by atoms with Gasteiger partial charge in [-0.05, 0) is 147 Å². The van der Waals surface area contributed by atoms with Crippen LogP contribution in [0.1, 0.15) is 124 Å². The molecule has 6 aliphatic carbocycles. The van der Waals surface area contributed by atoms with Gasteiger partial charge in [-0.3, -0.25) is 9.59 Å². The molecule has 2 N–H and O–H groups in total. The predicted octanol–water partition coefficient (Wildman–Crippen LogP) is 8.71. The summed E-state index contributed by atoms with van der Waals surface area (Å²) in [6.07, 6.45) is 11.4. The maximum absolute atomic E-state index is 14.7. The standard InChI is InChI=1S/C47H61NO7/c1-30-9-7-20-46(4)38(36-17-12-31(23-35(49)16-11-30)24-37(36)44(51)41-10-8-22-55-41)19-21-47(46,52)29-48(28-33-14-15-34-27-39(33)45(34,2)3)43(50)26-32-13-18-40(53-5)42(25-32)54-6/h8-10,12-13,17-18,22,24-25,33-35,38-39,49,52H,7,11,14-16,19-21,23,26-29H2,1-6H3. The van der Waals surface area contributed by atoms with Crippen molar-refractivity contribution in [1.29, 1.82) is 0 Å². The summed E-state index contributed by atoms with van der Waals surface area (Å²) in [5.74, 6) is 2.81. The molecule has 55 heavy (non-hydrogen) atoms. The Morgan fingerprint density at radius 3 is 2.47 bits per heavy atom. The molecule has 7 atom stereocenters. The second kappa shape index (κ2) is 15.6. The summed E-state index contributed by atoms with van der Waals surface area (Å²) in [5, 5.41) is 24.2. The first-order valence-electron chi connectivity index (χ1n) is 20.5. The monoisotopic (exact) mass is 751 g/mol. The zero-order valence-corrected chi connectivity index (χ0v) is 33.7. The lowest BCUT2D eigenvalue weighted by molar-refractivity contribution is -0.149. The number of ketones is 1. The number of furan rings is 1. The van der Waals surface area contributed by atoms with E-state index in [-0.39, 0.29) is 41.7 Å². The molecule has 8 nitrogen and oxygen atoms in total. The molecular weight excluding hydrogens is 691 g/mol. The Morgan fingerprint density at radius 1 is 0.964 bits per heavy atom. The predicted molar refractivity (Wildman–Crippen MR) is 213 cm³/mol. The maximum atomic E-state index is 14.7. The van der Waals surface area contributed by atoms with Crippen LogP contribution >= 0.6 is 0 Å². The van der Waals surface area contributed by atoms with E-state index in [0.717, 1.165) is 41.9 Å². The van der Waals surface area contributed by atoms with Gasteiger partial charge < -0.3 is 29.0 Å². The Balaban J connectivity index is 1.26. The fourth-order valence-electron chi connectivity index (χ4n) is 11.0.